The minimum atomic E-state index is -0.571. The molecule has 174 valence electrons. The van der Waals surface area contributed by atoms with Gasteiger partial charge in [0.15, 0.2) is 5.75 Å². The van der Waals surface area contributed by atoms with Crippen LogP contribution in [0.3, 0.4) is 0 Å². The van der Waals surface area contributed by atoms with Gasteiger partial charge in [-0.25, -0.2) is 0 Å². The molecule has 0 atom stereocenters. The number of hydrogen-bond donors (Lipinski definition) is 2. The number of aryl methyl sites for hydroxylation is 1. The monoisotopic (exact) mass is 460 g/mol. The van der Waals surface area contributed by atoms with Crippen LogP contribution in [-0.2, 0) is 13.2 Å². The average Bonchev–Trinajstić information content (AvgIpc) is 2.83. The molecule has 0 aliphatic heterocycles. The number of nitrogens with one attached hydrogen (secondary N) is 1. The van der Waals surface area contributed by atoms with Gasteiger partial charge < -0.3 is 24.1 Å². The van der Waals surface area contributed by atoms with Crippen LogP contribution < -0.4 is 20.9 Å². The van der Waals surface area contributed by atoms with Crippen molar-refractivity contribution >= 4 is 16.9 Å². The van der Waals surface area contributed by atoms with E-state index in [1.54, 1.807) is 29.7 Å². The second-order valence-corrected chi connectivity index (χ2v) is 7.97. The lowest BCUT2D eigenvalue weighted by molar-refractivity contribution is 0.0949. The molecule has 4 rings (SSSR count). The molecule has 0 saturated heterocycles. The van der Waals surface area contributed by atoms with Gasteiger partial charge in [0.05, 0.1) is 11.1 Å². The van der Waals surface area contributed by atoms with E-state index < -0.39 is 16.8 Å². The zero-order chi connectivity index (χ0) is 24.2. The molecule has 1 amide bonds. The van der Waals surface area contributed by atoms with Crippen LogP contribution in [0.4, 0.5) is 0 Å². The Kier molecular flexibility index (Phi) is 6.49. The average molecular weight is 460 g/mol. The lowest BCUT2D eigenvalue weighted by Gasteiger charge is -2.12. The molecule has 2 heterocycles. The molecule has 0 bridgehead atoms. The Labute approximate surface area is 195 Å². The maximum absolute atomic E-state index is 12.8. The second-order valence-electron chi connectivity index (χ2n) is 7.97. The molecule has 4 aromatic rings. The Balaban J connectivity index is 1.43. The van der Waals surface area contributed by atoms with Crippen LogP contribution in [0.25, 0.3) is 11.0 Å². The van der Waals surface area contributed by atoms with Gasteiger partial charge in [0.1, 0.15) is 29.8 Å². The topological polar surface area (TPSA) is 111 Å². The van der Waals surface area contributed by atoms with E-state index in [9.17, 15) is 19.5 Å². The lowest BCUT2D eigenvalue weighted by atomic mass is 10.1. The number of hydrogen-bond acceptors (Lipinski definition) is 6. The number of amides is 1. The van der Waals surface area contributed by atoms with Crippen molar-refractivity contribution in [2.75, 3.05) is 6.54 Å². The maximum Gasteiger partial charge on any atom is 0.258 e. The third-order valence-electron chi connectivity index (χ3n) is 5.57. The molecule has 2 aromatic carbocycles. The van der Waals surface area contributed by atoms with Crippen LogP contribution in [0.2, 0.25) is 0 Å². The quantitative estimate of drug-likeness (QED) is 0.438. The standard InChI is InChI=1S/C26H24N2O6/c1-16-3-5-18(6-4-16)14-33-19-7-8-20-23(13-19)34-15-21(25(20)31)26(32)27-10-12-28-11-9-22(29)24(30)17(28)2/h3-9,11,13,15,30H,10,12,14H2,1-2H3,(H,27,32). The lowest BCUT2D eigenvalue weighted by Crippen LogP contribution is -2.31. The summed E-state index contributed by atoms with van der Waals surface area (Å²) in [5.74, 6) is -0.349. The largest absolute Gasteiger partial charge is 0.503 e. The van der Waals surface area contributed by atoms with Gasteiger partial charge in [-0.2, -0.15) is 0 Å². The molecule has 2 N–H and O–H groups in total. The number of aromatic nitrogens is 1. The molecule has 0 aliphatic rings. The highest BCUT2D eigenvalue weighted by molar-refractivity contribution is 5.96. The summed E-state index contributed by atoms with van der Waals surface area (Å²) in [5.41, 5.74) is 1.89. The van der Waals surface area contributed by atoms with Crippen molar-refractivity contribution in [3.05, 3.63) is 104 Å². The fourth-order valence-electron chi connectivity index (χ4n) is 3.50. The van der Waals surface area contributed by atoms with Gasteiger partial charge in [0.25, 0.3) is 5.91 Å². The van der Waals surface area contributed by atoms with Crippen LogP contribution in [0.5, 0.6) is 11.5 Å². The Hall–Kier alpha value is -4.33. The summed E-state index contributed by atoms with van der Waals surface area (Å²) in [4.78, 5) is 36.8. The van der Waals surface area contributed by atoms with E-state index in [0.29, 0.717) is 30.2 Å². The van der Waals surface area contributed by atoms with Gasteiger partial charge in [-0.3, -0.25) is 14.4 Å². The van der Waals surface area contributed by atoms with Crippen molar-refractivity contribution in [1.29, 1.82) is 0 Å². The van der Waals surface area contributed by atoms with Crippen LogP contribution in [0.15, 0.2) is 75.0 Å². The van der Waals surface area contributed by atoms with Gasteiger partial charge in [-0.1, -0.05) is 29.8 Å². The first-order valence-corrected chi connectivity index (χ1v) is 10.7. The molecular weight excluding hydrogens is 436 g/mol. The maximum atomic E-state index is 12.8. The van der Waals surface area contributed by atoms with Gasteiger partial charge in [0.2, 0.25) is 10.9 Å². The highest BCUT2D eigenvalue weighted by Crippen LogP contribution is 2.20. The van der Waals surface area contributed by atoms with Crippen molar-refractivity contribution < 1.29 is 19.1 Å². The van der Waals surface area contributed by atoms with Crippen molar-refractivity contribution in [2.45, 2.75) is 27.0 Å². The van der Waals surface area contributed by atoms with Crippen molar-refractivity contribution in [2.24, 2.45) is 0 Å². The van der Waals surface area contributed by atoms with Crippen LogP contribution in [-0.4, -0.2) is 22.1 Å². The highest BCUT2D eigenvalue weighted by Gasteiger charge is 2.15. The summed E-state index contributed by atoms with van der Waals surface area (Å²) in [7, 11) is 0. The summed E-state index contributed by atoms with van der Waals surface area (Å²) in [6.07, 6.45) is 2.67. The van der Waals surface area contributed by atoms with Crippen molar-refractivity contribution in [3.8, 4) is 11.5 Å². The SMILES string of the molecule is Cc1ccc(COc2ccc3c(=O)c(C(=O)NCCn4ccc(=O)c(O)c4C)coc3c2)cc1. The van der Waals surface area contributed by atoms with Gasteiger partial charge in [-0.05, 0) is 31.5 Å². The van der Waals surface area contributed by atoms with E-state index in [1.807, 2.05) is 31.2 Å². The number of aromatic hydroxyl groups is 1. The van der Waals surface area contributed by atoms with Crippen LogP contribution >= 0.6 is 0 Å². The number of ether oxygens (including phenoxy) is 1. The van der Waals surface area contributed by atoms with Crippen LogP contribution in [0.1, 0.15) is 27.2 Å². The summed E-state index contributed by atoms with van der Waals surface area (Å²) < 4.78 is 13.0. The first kappa shape index (κ1) is 22.8. The number of carbonyl (C=O) groups excluding carboxylic acids is 1. The van der Waals surface area contributed by atoms with E-state index in [0.717, 1.165) is 11.8 Å². The number of fused-ring (bicyclic) bond motifs is 1. The minimum absolute atomic E-state index is 0.111. The smallest absolute Gasteiger partial charge is 0.258 e. The zero-order valence-corrected chi connectivity index (χ0v) is 18.8. The highest BCUT2D eigenvalue weighted by atomic mass is 16.5. The third-order valence-corrected chi connectivity index (χ3v) is 5.57. The normalized spacial score (nSPS) is 10.9. The summed E-state index contributed by atoms with van der Waals surface area (Å²) >= 11 is 0. The summed E-state index contributed by atoms with van der Waals surface area (Å²) in [5, 5.41) is 12.7. The molecule has 0 radical (unpaired) electrons. The van der Waals surface area contributed by atoms with Crippen molar-refractivity contribution in [1.82, 2.24) is 9.88 Å². The number of carbonyl (C=O) groups is 1. The first-order chi connectivity index (χ1) is 16.3. The molecule has 2 aromatic heterocycles. The molecule has 34 heavy (non-hydrogen) atoms. The number of nitrogens with zero attached hydrogens (tertiary/aromatic N) is 1. The number of benzene rings is 2. The van der Waals surface area contributed by atoms with E-state index in [2.05, 4.69) is 5.32 Å². The van der Waals surface area contributed by atoms with Gasteiger partial charge in [-0.15, -0.1) is 0 Å². The molecule has 0 saturated carbocycles. The second kappa shape index (κ2) is 9.66. The van der Waals surface area contributed by atoms with E-state index >= 15 is 0 Å². The predicted molar refractivity (Wildman–Crippen MR) is 127 cm³/mol. The summed E-state index contributed by atoms with van der Waals surface area (Å²) in [6.45, 7) is 4.50. The fraction of sp³-hybridized carbons (Fsp3) is 0.192. The Morgan fingerprint density at radius 1 is 1.09 bits per heavy atom. The first-order valence-electron chi connectivity index (χ1n) is 10.7. The number of pyridine rings is 1. The molecule has 0 fully saturated rings. The Morgan fingerprint density at radius 2 is 1.85 bits per heavy atom. The van der Waals surface area contributed by atoms with E-state index in [-0.39, 0.29) is 23.2 Å². The van der Waals surface area contributed by atoms with E-state index in [4.69, 9.17) is 9.15 Å². The molecule has 0 aliphatic carbocycles. The minimum Gasteiger partial charge on any atom is -0.503 e. The molecule has 0 spiro atoms. The molecule has 8 nitrogen and oxygen atoms in total. The van der Waals surface area contributed by atoms with Crippen molar-refractivity contribution in [3.63, 3.8) is 0 Å². The van der Waals surface area contributed by atoms with Gasteiger partial charge in [0, 0.05) is 31.4 Å². The van der Waals surface area contributed by atoms with E-state index in [1.165, 1.54) is 17.8 Å². The third kappa shape index (κ3) is 4.85. The number of rotatable bonds is 7. The molecular formula is C26H24N2O6. The summed E-state index contributed by atoms with van der Waals surface area (Å²) in [6, 6.07) is 14.1. The van der Waals surface area contributed by atoms with Crippen LogP contribution in [0, 0.1) is 13.8 Å². The zero-order valence-electron chi connectivity index (χ0n) is 18.8. The Morgan fingerprint density at radius 3 is 2.62 bits per heavy atom. The van der Waals surface area contributed by atoms with Gasteiger partial charge >= 0.3 is 0 Å². The molecule has 8 heteroatoms. The Bertz CT molecular complexity index is 1470. The fourth-order valence-corrected chi connectivity index (χ4v) is 3.50. The predicted octanol–water partition coefficient (Wildman–Crippen LogP) is 3.29. The molecule has 0 unspecified atom stereocenters.